The number of hydrogen-bond donors (Lipinski definition) is 0. The molecule has 0 atom stereocenters. The first-order valence-electron chi connectivity index (χ1n) is 7.53. The summed E-state index contributed by atoms with van der Waals surface area (Å²) in [4.78, 5) is 14.3. The van der Waals surface area contributed by atoms with Crippen LogP contribution in [0.2, 0.25) is 0 Å². The fraction of sp³-hybridized carbons (Fsp3) is 0.211. The zero-order chi connectivity index (χ0) is 15.4. The number of ether oxygens (including phenoxy) is 1. The number of carbonyl (C=O) groups excluding carboxylic acids is 1. The molecule has 112 valence electrons. The van der Waals surface area contributed by atoms with Crippen LogP contribution in [0.3, 0.4) is 0 Å². The van der Waals surface area contributed by atoms with Gasteiger partial charge in [0, 0.05) is 12.2 Å². The summed E-state index contributed by atoms with van der Waals surface area (Å²) < 4.78 is 5.16. The van der Waals surface area contributed by atoms with Gasteiger partial charge in [-0.2, -0.15) is 0 Å². The second-order valence-corrected chi connectivity index (χ2v) is 5.29. The Kier molecular flexibility index (Phi) is 4.24. The van der Waals surface area contributed by atoms with Gasteiger partial charge in [0.15, 0.2) is 0 Å². The molecule has 1 aliphatic heterocycles. The van der Waals surface area contributed by atoms with E-state index in [0.717, 1.165) is 17.8 Å². The molecule has 2 aromatic carbocycles. The Balaban J connectivity index is 1.91. The van der Waals surface area contributed by atoms with Gasteiger partial charge in [0.2, 0.25) is 0 Å². The van der Waals surface area contributed by atoms with E-state index in [4.69, 9.17) is 4.74 Å². The molecule has 0 aliphatic carbocycles. The maximum Gasteiger partial charge on any atom is 0.335 e. The van der Waals surface area contributed by atoms with E-state index in [2.05, 4.69) is 23.1 Å². The molecule has 22 heavy (non-hydrogen) atoms. The number of benzene rings is 2. The van der Waals surface area contributed by atoms with E-state index < -0.39 is 0 Å². The van der Waals surface area contributed by atoms with Gasteiger partial charge in [-0.05, 0) is 30.2 Å². The molecular formula is C19H19NO2. The molecule has 3 rings (SSSR count). The molecule has 1 aliphatic rings. The molecule has 0 spiro atoms. The van der Waals surface area contributed by atoms with Gasteiger partial charge < -0.3 is 9.64 Å². The zero-order valence-corrected chi connectivity index (χ0v) is 12.7. The van der Waals surface area contributed by atoms with E-state index in [9.17, 15) is 4.79 Å². The van der Waals surface area contributed by atoms with Crippen LogP contribution in [0.15, 0.2) is 60.2 Å². The Morgan fingerprint density at radius 2 is 1.82 bits per heavy atom. The van der Waals surface area contributed by atoms with Crippen LogP contribution in [-0.4, -0.2) is 19.1 Å². The predicted molar refractivity (Wildman–Crippen MR) is 88.5 cm³/mol. The Bertz CT molecular complexity index is 692. The molecule has 0 saturated heterocycles. The zero-order valence-electron chi connectivity index (χ0n) is 12.7. The topological polar surface area (TPSA) is 29.5 Å². The number of nitrogens with zero attached hydrogens (tertiary/aromatic N) is 1. The lowest BCUT2D eigenvalue weighted by Crippen LogP contribution is -2.31. The van der Waals surface area contributed by atoms with E-state index in [1.165, 1.54) is 5.56 Å². The smallest absolute Gasteiger partial charge is 0.335 e. The number of hydrogen-bond acceptors (Lipinski definition) is 3. The van der Waals surface area contributed by atoms with Crippen LogP contribution in [0.4, 0.5) is 5.69 Å². The summed E-state index contributed by atoms with van der Waals surface area (Å²) in [6.45, 7) is 3.58. The maximum absolute atomic E-state index is 12.1. The average molecular weight is 293 g/mol. The third kappa shape index (κ3) is 3.03. The summed E-state index contributed by atoms with van der Waals surface area (Å²) >= 11 is 0. The van der Waals surface area contributed by atoms with Crippen molar-refractivity contribution in [2.75, 3.05) is 18.1 Å². The minimum atomic E-state index is -0.227. The quantitative estimate of drug-likeness (QED) is 0.806. The molecule has 1 heterocycles. The van der Waals surface area contributed by atoms with Gasteiger partial charge in [0.05, 0.1) is 18.7 Å². The normalized spacial score (nSPS) is 13.3. The van der Waals surface area contributed by atoms with Crippen molar-refractivity contribution in [3.63, 3.8) is 0 Å². The Morgan fingerprint density at radius 1 is 1.09 bits per heavy atom. The van der Waals surface area contributed by atoms with E-state index >= 15 is 0 Å². The fourth-order valence-corrected chi connectivity index (χ4v) is 2.71. The third-order valence-corrected chi connectivity index (χ3v) is 3.72. The number of anilines is 1. The van der Waals surface area contributed by atoms with Crippen LogP contribution >= 0.6 is 0 Å². The largest absolute Gasteiger partial charge is 0.463 e. The molecular weight excluding hydrogens is 274 g/mol. The van der Waals surface area contributed by atoms with Gasteiger partial charge >= 0.3 is 5.97 Å². The summed E-state index contributed by atoms with van der Waals surface area (Å²) in [5, 5.41) is 0. The van der Waals surface area contributed by atoms with Crippen LogP contribution in [0.25, 0.3) is 6.08 Å². The minimum Gasteiger partial charge on any atom is -0.463 e. The highest BCUT2D eigenvalue weighted by Gasteiger charge is 2.22. The molecule has 3 nitrogen and oxygen atoms in total. The lowest BCUT2D eigenvalue weighted by molar-refractivity contribution is -0.138. The number of esters is 1. The second kappa shape index (κ2) is 6.48. The predicted octanol–water partition coefficient (Wildman–Crippen LogP) is 3.65. The number of fused-ring (bicyclic) bond motifs is 1. The van der Waals surface area contributed by atoms with Crippen molar-refractivity contribution in [2.45, 2.75) is 13.5 Å². The van der Waals surface area contributed by atoms with E-state index in [1.807, 2.05) is 49.4 Å². The third-order valence-electron chi connectivity index (χ3n) is 3.72. The van der Waals surface area contributed by atoms with Crippen molar-refractivity contribution in [2.24, 2.45) is 0 Å². The molecule has 2 aromatic rings. The highest BCUT2D eigenvalue weighted by Crippen LogP contribution is 2.30. The Morgan fingerprint density at radius 3 is 2.59 bits per heavy atom. The highest BCUT2D eigenvalue weighted by atomic mass is 16.5. The van der Waals surface area contributed by atoms with Crippen molar-refractivity contribution < 1.29 is 9.53 Å². The van der Waals surface area contributed by atoms with Gasteiger partial charge in [-0.3, -0.25) is 0 Å². The first kappa shape index (κ1) is 14.4. The molecule has 0 radical (unpaired) electrons. The fourth-order valence-electron chi connectivity index (χ4n) is 2.71. The van der Waals surface area contributed by atoms with Crippen LogP contribution in [0, 0.1) is 0 Å². The molecule has 3 heteroatoms. The van der Waals surface area contributed by atoms with Crippen molar-refractivity contribution >= 4 is 17.7 Å². The summed E-state index contributed by atoms with van der Waals surface area (Å²) in [5.74, 6) is -0.227. The van der Waals surface area contributed by atoms with Crippen LogP contribution < -0.4 is 4.90 Å². The number of rotatable bonds is 4. The monoisotopic (exact) mass is 293 g/mol. The number of carbonyl (C=O) groups is 1. The first-order chi connectivity index (χ1) is 10.8. The summed E-state index contributed by atoms with van der Waals surface area (Å²) in [6.07, 6.45) is 1.94. The van der Waals surface area contributed by atoms with Gasteiger partial charge in [-0.25, -0.2) is 4.79 Å². The van der Waals surface area contributed by atoms with Gasteiger partial charge in [0.1, 0.15) is 0 Å². The van der Waals surface area contributed by atoms with Crippen LogP contribution in [-0.2, 0) is 16.1 Å². The van der Waals surface area contributed by atoms with Gasteiger partial charge in [-0.1, -0.05) is 48.5 Å². The standard InChI is InChI=1S/C19H19NO2/c1-2-22-19(21)17-12-16-10-6-7-11-18(16)20(14-17)13-15-8-4-3-5-9-15/h3-12H,2,13-14H2,1H3. The summed E-state index contributed by atoms with van der Waals surface area (Å²) in [5.41, 5.74) is 4.14. The van der Waals surface area contributed by atoms with Crippen LogP contribution in [0.1, 0.15) is 18.1 Å². The second-order valence-electron chi connectivity index (χ2n) is 5.29. The van der Waals surface area contributed by atoms with Gasteiger partial charge in [-0.15, -0.1) is 0 Å². The van der Waals surface area contributed by atoms with Gasteiger partial charge in [0.25, 0.3) is 0 Å². The molecule has 0 aromatic heterocycles. The van der Waals surface area contributed by atoms with E-state index in [1.54, 1.807) is 0 Å². The van der Waals surface area contributed by atoms with Crippen molar-refractivity contribution in [1.29, 1.82) is 0 Å². The SMILES string of the molecule is CCOC(=O)C1=Cc2ccccc2N(Cc2ccccc2)C1. The van der Waals surface area contributed by atoms with E-state index in [0.29, 0.717) is 18.7 Å². The average Bonchev–Trinajstić information content (AvgIpc) is 2.56. The lowest BCUT2D eigenvalue weighted by atomic mass is 10.0. The van der Waals surface area contributed by atoms with Crippen molar-refractivity contribution in [1.82, 2.24) is 0 Å². The molecule has 0 N–H and O–H groups in total. The maximum atomic E-state index is 12.1. The summed E-state index contributed by atoms with van der Waals surface area (Å²) in [6, 6.07) is 18.4. The van der Waals surface area contributed by atoms with Crippen molar-refractivity contribution in [3.8, 4) is 0 Å². The van der Waals surface area contributed by atoms with E-state index in [-0.39, 0.29) is 5.97 Å². The molecule has 0 bridgehead atoms. The van der Waals surface area contributed by atoms with Crippen LogP contribution in [0.5, 0.6) is 0 Å². The Hall–Kier alpha value is -2.55. The molecule has 0 unspecified atom stereocenters. The lowest BCUT2D eigenvalue weighted by Gasteiger charge is -2.30. The first-order valence-corrected chi connectivity index (χ1v) is 7.53. The highest BCUT2D eigenvalue weighted by molar-refractivity contribution is 5.97. The minimum absolute atomic E-state index is 0.227. The Labute approximate surface area is 130 Å². The molecule has 0 saturated carbocycles. The number of para-hydroxylation sites is 1. The summed E-state index contributed by atoms with van der Waals surface area (Å²) in [7, 11) is 0. The molecule has 0 fully saturated rings. The molecule has 0 amide bonds. The van der Waals surface area contributed by atoms with Crippen molar-refractivity contribution in [3.05, 3.63) is 71.3 Å².